The van der Waals surface area contributed by atoms with Gasteiger partial charge in [0.1, 0.15) is 6.04 Å². The van der Waals surface area contributed by atoms with Gasteiger partial charge in [-0.15, -0.1) is 0 Å². The molecule has 0 heterocycles. The summed E-state index contributed by atoms with van der Waals surface area (Å²) in [5.41, 5.74) is 1.76. The maximum Gasteiger partial charge on any atom is 0.242 e. The van der Waals surface area contributed by atoms with E-state index in [9.17, 15) is 18.0 Å². The minimum Gasteiger partial charge on any atom is -0.354 e. The molecule has 0 aliphatic rings. The third-order valence-electron chi connectivity index (χ3n) is 6.01. The molecule has 0 radical (unpaired) electrons. The van der Waals surface area contributed by atoms with Gasteiger partial charge in [0.2, 0.25) is 21.8 Å². The summed E-state index contributed by atoms with van der Waals surface area (Å²) in [6.07, 6.45) is 3.16. The molecule has 2 amide bonds. The number of anilines is 1. The molecule has 2 rings (SSSR count). The van der Waals surface area contributed by atoms with Gasteiger partial charge >= 0.3 is 0 Å². The first-order valence-corrected chi connectivity index (χ1v) is 15.1. The Balaban J connectivity index is 2.22. The van der Waals surface area contributed by atoms with Gasteiger partial charge < -0.3 is 10.2 Å². The van der Waals surface area contributed by atoms with Crippen molar-refractivity contribution in [3.63, 3.8) is 0 Å². The first kappa shape index (κ1) is 31.2. The monoisotopic (exact) mass is 589 g/mol. The molecule has 37 heavy (non-hydrogen) atoms. The lowest BCUT2D eigenvalue weighted by molar-refractivity contribution is -0.140. The summed E-state index contributed by atoms with van der Waals surface area (Å²) < 4.78 is 26.3. The van der Waals surface area contributed by atoms with Crippen molar-refractivity contribution in [1.82, 2.24) is 10.2 Å². The number of amides is 2. The highest BCUT2D eigenvalue weighted by atomic mass is 35.5. The number of benzene rings is 2. The van der Waals surface area contributed by atoms with Crippen molar-refractivity contribution in [3.05, 3.63) is 62.6 Å². The fourth-order valence-corrected chi connectivity index (χ4v) is 5.45. The van der Waals surface area contributed by atoms with Crippen LogP contribution in [0.3, 0.4) is 0 Å². The Morgan fingerprint density at radius 1 is 1.05 bits per heavy atom. The Labute approximate surface area is 235 Å². The van der Waals surface area contributed by atoms with Gasteiger partial charge in [-0.05, 0) is 62.1 Å². The zero-order chi connectivity index (χ0) is 27.8. The van der Waals surface area contributed by atoms with E-state index in [0.717, 1.165) is 19.1 Å². The second-order valence-corrected chi connectivity index (χ2v) is 12.1. The van der Waals surface area contributed by atoms with Crippen LogP contribution in [0.4, 0.5) is 5.69 Å². The molecule has 0 aliphatic carbocycles. The molecule has 1 N–H and O–H groups in total. The van der Waals surface area contributed by atoms with Crippen LogP contribution in [-0.2, 0) is 26.2 Å². The van der Waals surface area contributed by atoms with E-state index in [-0.39, 0.29) is 37.7 Å². The molecule has 0 saturated heterocycles. The molecule has 204 valence electrons. The van der Waals surface area contributed by atoms with Crippen molar-refractivity contribution in [1.29, 1.82) is 0 Å². The summed E-state index contributed by atoms with van der Waals surface area (Å²) in [5.74, 6) is -0.556. The Morgan fingerprint density at radius 2 is 1.76 bits per heavy atom. The van der Waals surface area contributed by atoms with E-state index < -0.39 is 16.1 Å². The fraction of sp³-hybridized carbons (Fsp3) is 0.462. The molecule has 1 atom stereocenters. The second-order valence-electron chi connectivity index (χ2n) is 8.90. The maximum absolute atomic E-state index is 13.4. The summed E-state index contributed by atoms with van der Waals surface area (Å²) in [5, 5.41) is 4.18. The highest BCUT2D eigenvalue weighted by Crippen LogP contribution is 2.29. The number of unbranched alkanes of at least 4 members (excludes halogenated alkanes) is 1. The van der Waals surface area contributed by atoms with Gasteiger partial charge in [-0.25, -0.2) is 8.42 Å². The molecule has 2 aromatic rings. The number of carbonyl (C=O) groups is 2. The second kappa shape index (κ2) is 14.2. The summed E-state index contributed by atoms with van der Waals surface area (Å²) in [6.45, 7) is 6.15. The number of halogens is 3. The number of carbonyl (C=O) groups excluding carboxylic acids is 2. The third kappa shape index (κ3) is 9.06. The number of rotatable bonds is 13. The number of sulfonamides is 1. The van der Waals surface area contributed by atoms with Crippen LogP contribution in [0.15, 0.2) is 36.4 Å². The van der Waals surface area contributed by atoms with Gasteiger partial charge in [-0.2, -0.15) is 0 Å². The van der Waals surface area contributed by atoms with E-state index >= 15 is 0 Å². The van der Waals surface area contributed by atoms with Crippen molar-refractivity contribution < 1.29 is 18.0 Å². The molecule has 2 aromatic carbocycles. The molecule has 0 bridgehead atoms. The summed E-state index contributed by atoms with van der Waals surface area (Å²) >= 11 is 18.6. The van der Waals surface area contributed by atoms with E-state index in [2.05, 4.69) is 5.32 Å². The van der Waals surface area contributed by atoms with Crippen molar-refractivity contribution in [3.8, 4) is 0 Å². The number of hydrogen-bond acceptors (Lipinski definition) is 4. The van der Waals surface area contributed by atoms with E-state index in [0.29, 0.717) is 38.4 Å². The summed E-state index contributed by atoms with van der Waals surface area (Å²) in [4.78, 5) is 27.6. The molecule has 0 spiro atoms. The lowest BCUT2D eigenvalue weighted by atomic mass is 10.1. The van der Waals surface area contributed by atoms with Gasteiger partial charge in [0, 0.05) is 41.1 Å². The van der Waals surface area contributed by atoms with Crippen LogP contribution in [-0.4, -0.2) is 50.5 Å². The molecule has 0 fully saturated rings. The molecule has 0 unspecified atom stereocenters. The molecular weight excluding hydrogens is 557 g/mol. The highest BCUT2D eigenvalue weighted by Gasteiger charge is 2.27. The molecule has 0 saturated carbocycles. The normalized spacial score (nSPS) is 12.2. The molecule has 0 aromatic heterocycles. The molecule has 11 heteroatoms. The summed E-state index contributed by atoms with van der Waals surface area (Å²) in [7, 11) is -3.62. The minimum atomic E-state index is -3.62. The smallest absolute Gasteiger partial charge is 0.242 e. The Hall–Kier alpha value is -2.00. The Kier molecular flexibility index (Phi) is 12.0. The minimum absolute atomic E-state index is 0.0312. The molecule has 7 nitrogen and oxygen atoms in total. The Bertz CT molecular complexity index is 1210. The average Bonchev–Trinajstić information content (AvgIpc) is 2.82. The molecule has 0 aliphatic heterocycles. The average molecular weight is 591 g/mol. The maximum atomic E-state index is 13.4. The first-order chi connectivity index (χ1) is 17.4. The van der Waals surface area contributed by atoms with Crippen LogP contribution in [0, 0.1) is 6.92 Å². The third-order valence-corrected chi connectivity index (χ3v) is 8.19. The lowest BCUT2D eigenvalue weighted by Gasteiger charge is -2.30. The predicted molar refractivity (Wildman–Crippen MR) is 152 cm³/mol. The van der Waals surface area contributed by atoms with Crippen LogP contribution in [0.25, 0.3) is 0 Å². The van der Waals surface area contributed by atoms with Crippen molar-refractivity contribution in [2.24, 2.45) is 0 Å². The van der Waals surface area contributed by atoms with Crippen LogP contribution < -0.4 is 9.62 Å². The van der Waals surface area contributed by atoms with Gasteiger partial charge in [-0.3, -0.25) is 13.9 Å². The highest BCUT2D eigenvalue weighted by molar-refractivity contribution is 7.92. The largest absolute Gasteiger partial charge is 0.354 e. The molecular formula is C26H34Cl3N3O4S. The van der Waals surface area contributed by atoms with Gasteiger partial charge in [-0.1, -0.05) is 60.3 Å². The lowest BCUT2D eigenvalue weighted by Crippen LogP contribution is -2.48. The van der Waals surface area contributed by atoms with Gasteiger partial charge in [0.25, 0.3) is 0 Å². The van der Waals surface area contributed by atoms with Crippen LogP contribution >= 0.6 is 34.8 Å². The van der Waals surface area contributed by atoms with Gasteiger partial charge in [0.05, 0.1) is 11.9 Å². The van der Waals surface area contributed by atoms with Crippen molar-refractivity contribution >= 4 is 62.3 Å². The zero-order valence-corrected chi connectivity index (χ0v) is 24.6. The van der Waals surface area contributed by atoms with Crippen LogP contribution in [0.1, 0.15) is 50.7 Å². The van der Waals surface area contributed by atoms with E-state index in [1.165, 1.54) is 9.21 Å². The van der Waals surface area contributed by atoms with Crippen molar-refractivity contribution in [2.75, 3.05) is 23.7 Å². The number of nitrogens with one attached hydrogen (secondary N) is 1. The topological polar surface area (TPSA) is 86.8 Å². The van der Waals surface area contributed by atoms with Gasteiger partial charge in [0.15, 0.2) is 0 Å². The number of hydrogen-bond donors (Lipinski definition) is 1. The fourth-order valence-electron chi connectivity index (χ4n) is 3.80. The quantitative estimate of drug-likeness (QED) is 0.297. The van der Waals surface area contributed by atoms with E-state index in [1.807, 2.05) is 6.92 Å². The summed E-state index contributed by atoms with van der Waals surface area (Å²) in [6, 6.07) is 9.29. The Morgan fingerprint density at radius 3 is 2.38 bits per heavy atom. The van der Waals surface area contributed by atoms with Crippen LogP contribution in [0.5, 0.6) is 0 Å². The van der Waals surface area contributed by atoms with Crippen molar-refractivity contribution in [2.45, 2.75) is 59.0 Å². The number of nitrogens with zero attached hydrogens (tertiary/aromatic N) is 2. The zero-order valence-electron chi connectivity index (χ0n) is 21.6. The standard InChI is InChI=1S/C26H34Cl3N3O4S/c1-5-6-14-30-26(34)19(3)31(17-20-12-13-21(27)16-23(20)29)25(33)11-8-15-32(37(4,35)36)24-10-7-9-22(28)18(24)2/h7,9-10,12-13,16,19H,5-6,8,11,14-15,17H2,1-4H3,(H,30,34)/t19-/m0/s1. The first-order valence-electron chi connectivity index (χ1n) is 12.1. The van der Waals surface area contributed by atoms with E-state index in [4.69, 9.17) is 34.8 Å². The predicted octanol–water partition coefficient (Wildman–Crippen LogP) is 5.84. The SMILES string of the molecule is CCCCNC(=O)[C@H](C)N(Cc1ccc(Cl)cc1Cl)C(=O)CCCN(c1cccc(Cl)c1C)S(C)(=O)=O. The van der Waals surface area contributed by atoms with Crippen LogP contribution in [0.2, 0.25) is 15.1 Å². The van der Waals surface area contributed by atoms with E-state index in [1.54, 1.807) is 50.2 Å².